The molecule has 0 unspecified atom stereocenters. The number of amides is 1. The largest absolute Gasteiger partial charge is 0.448 e. The summed E-state index contributed by atoms with van der Waals surface area (Å²) in [7, 11) is -3.83. The molecule has 8 nitrogen and oxygen atoms in total. The Hall–Kier alpha value is -2.20. The molecular formula is C15H13Cl2N3O5S. The van der Waals surface area contributed by atoms with Gasteiger partial charge in [-0.3, -0.25) is 4.79 Å². The number of nitrogens with zero attached hydrogens (tertiary/aromatic N) is 1. The lowest BCUT2D eigenvalue weighted by Gasteiger charge is -2.14. The van der Waals surface area contributed by atoms with Crippen LogP contribution in [-0.4, -0.2) is 31.4 Å². The van der Waals surface area contributed by atoms with Gasteiger partial charge in [0.05, 0.1) is 9.92 Å². The van der Waals surface area contributed by atoms with Crippen LogP contribution in [0.2, 0.25) is 10.2 Å². The Morgan fingerprint density at radius 3 is 2.35 bits per heavy atom. The summed E-state index contributed by atoms with van der Waals surface area (Å²) in [6.07, 6.45) is -1.17. The summed E-state index contributed by atoms with van der Waals surface area (Å²) in [5.74, 6) is -1.55. The van der Waals surface area contributed by atoms with Crippen molar-refractivity contribution in [3.63, 3.8) is 0 Å². The highest BCUT2D eigenvalue weighted by Crippen LogP contribution is 2.19. The zero-order valence-corrected chi connectivity index (χ0v) is 15.6. The van der Waals surface area contributed by atoms with E-state index in [1.54, 1.807) is 0 Å². The first kappa shape index (κ1) is 20.1. The van der Waals surface area contributed by atoms with E-state index in [2.05, 4.69) is 10.3 Å². The molecule has 0 aliphatic heterocycles. The molecule has 1 amide bonds. The SMILES string of the molecule is C[C@@H](OC(=O)c1nc(Cl)ccc1Cl)C(=O)Nc1ccc(S(N)(=O)=O)cc1. The van der Waals surface area contributed by atoms with Crippen molar-refractivity contribution >= 4 is 50.8 Å². The number of hydrogen-bond acceptors (Lipinski definition) is 6. The fraction of sp³-hybridized carbons (Fsp3) is 0.133. The van der Waals surface area contributed by atoms with E-state index in [4.69, 9.17) is 33.1 Å². The highest BCUT2D eigenvalue weighted by Gasteiger charge is 2.22. The molecule has 0 spiro atoms. The first-order valence-electron chi connectivity index (χ1n) is 7.04. The van der Waals surface area contributed by atoms with Crippen LogP contribution in [-0.2, 0) is 19.6 Å². The van der Waals surface area contributed by atoms with Gasteiger partial charge in [0.15, 0.2) is 11.8 Å². The standard InChI is InChI=1S/C15H13Cl2N3O5S/c1-8(25-15(22)13-11(16)6-7-12(17)20-13)14(21)19-9-2-4-10(5-3-9)26(18,23)24/h2-8H,1H3,(H,19,21)(H2,18,23,24)/t8-/m1/s1. The maximum absolute atomic E-state index is 12.1. The minimum atomic E-state index is -3.83. The van der Waals surface area contributed by atoms with Gasteiger partial charge >= 0.3 is 5.97 Å². The van der Waals surface area contributed by atoms with Gasteiger partial charge in [-0.05, 0) is 43.3 Å². The summed E-state index contributed by atoms with van der Waals surface area (Å²) in [6.45, 7) is 1.35. The van der Waals surface area contributed by atoms with Crippen molar-refractivity contribution in [2.24, 2.45) is 5.14 Å². The number of rotatable bonds is 5. The van der Waals surface area contributed by atoms with Gasteiger partial charge in [0, 0.05) is 5.69 Å². The van der Waals surface area contributed by atoms with Crippen LogP contribution in [0.1, 0.15) is 17.4 Å². The molecule has 0 aliphatic carbocycles. The molecule has 1 atom stereocenters. The van der Waals surface area contributed by atoms with Gasteiger partial charge in [0.1, 0.15) is 5.15 Å². The fourth-order valence-corrected chi connectivity index (χ4v) is 2.65. The third kappa shape index (κ3) is 5.15. The number of nitrogens with one attached hydrogen (secondary N) is 1. The fourth-order valence-electron chi connectivity index (χ4n) is 1.80. The number of esters is 1. The highest BCUT2D eigenvalue weighted by molar-refractivity contribution is 7.89. The molecule has 1 aromatic heterocycles. The lowest BCUT2D eigenvalue weighted by atomic mass is 10.3. The summed E-state index contributed by atoms with van der Waals surface area (Å²) in [6, 6.07) is 7.95. The average Bonchev–Trinajstić information content (AvgIpc) is 2.56. The van der Waals surface area contributed by atoms with Crippen LogP contribution in [0.25, 0.3) is 0 Å². The van der Waals surface area contributed by atoms with Gasteiger partial charge in [-0.1, -0.05) is 23.2 Å². The molecule has 3 N–H and O–H groups in total. The van der Waals surface area contributed by atoms with Crippen LogP contribution in [0.15, 0.2) is 41.3 Å². The Morgan fingerprint density at radius 2 is 1.77 bits per heavy atom. The predicted molar refractivity (Wildman–Crippen MR) is 95.6 cm³/mol. The summed E-state index contributed by atoms with van der Waals surface area (Å²) < 4.78 is 27.4. The van der Waals surface area contributed by atoms with Crippen molar-refractivity contribution in [2.75, 3.05) is 5.32 Å². The van der Waals surface area contributed by atoms with Crippen LogP contribution in [0.3, 0.4) is 0 Å². The molecule has 138 valence electrons. The Bertz CT molecular complexity index is 948. The smallest absolute Gasteiger partial charge is 0.359 e. The molecule has 0 fully saturated rings. The van der Waals surface area contributed by atoms with Gasteiger partial charge in [0.2, 0.25) is 10.0 Å². The number of sulfonamides is 1. The van der Waals surface area contributed by atoms with Crippen molar-refractivity contribution in [2.45, 2.75) is 17.9 Å². The van der Waals surface area contributed by atoms with E-state index in [1.807, 2.05) is 0 Å². The van der Waals surface area contributed by atoms with E-state index in [1.165, 1.54) is 43.3 Å². The second kappa shape index (κ2) is 8.00. The molecule has 1 heterocycles. The van der Waals surface area contributed by atoms with Crippen molar-refractivity contribution < 1.29 is 22.7 Å². The van der Waals surface area contributed by atoms with Crippen LogP contribution in [0.4, 0.5) is 5.69 Å². The molecule has 0 bridgehead atoms. The second-order valence-electron chi connectivity index (χ2n) is 5.07. The number of hydrogen-bond donors (Lipinski definition) is 2. The zero-order valence-electron chi connectivity index (χ0n) is 13.3. The van der Waals surface area contributed by atoms with E-state index in [0.717, 1.165) is 0 Å². The third-order valence-electron chi connectivity index (χ3n) is 3.11. The summed E-state index contributed by atoms with van der Waals surface area (Å²) >= 11 is 11.6. The normalized spacial score (nSPS) is 12.3. The van der Waals surface area contributed by atoms with E-state index in [0.29, 0.717) is 5.69 Å². The summed E-state index contributed by atoms with van der Waals surface area (Å²) in [5.41, 5.74) is 0.0838. The van der Waals surface area contributed by atoms with Crippen molar-refractivity contribution in [1.82, 2.24) is 4.98 Å². The number of carbonyl (C=O) groups is 2. The molecule has 0 aliphatic rings. The molecule has 0 saturated heterocycles. The molecular weight excluding hydrogens is 405 g/mol. The molecule has 11 heteroatoms. The second-order valence-corrected chi connectivity index (χ2v) is 7.43. The minimum absolute atomic E-state index is 0.0330. The topological polar surface area (TPSA) is 128 Å². The van der Waals surface area contributed by atoms with Gasteiger partial charge in [0.25, 0.3) is 5.91 Å². The maximum atomic E-state index is 12.1. The first-order valence-corrected chi connectivity index (χ1v) is 9.35. The molecule has 1 aromatic carbocycles. The van der Waals surface area contributed by atoms with Gasteiger partial charge < -0.3 is 10.1 Å². The Morgan fingerprint density at radius 1 is 1.15 bits per heavy atom. The lowest BCUT2D eigenvalue weighted by Crippen LogP contribution is -2.30. The molecule has 26 heavy (non-hydrogen) atoms. The van der Waals surface area contributed by atoms with Crippen molar-refractivity contribution in [3.8, 4) is 0 Å². The van der Waals surface area contributed by atoms with Gasteiger partial charge in [-0.15, -0.1) is 0 Å². The monoisotopic (exact) mass is 417 g/mol. The van der Waals surface area contributed by atoms with E-state index in [9.17, 15) is 18.0 Å². The Labute approximate surface area is 159 Å². The van der Waals surface area contributed by atoms with E-state index >= 15 is 0 Å². The molecule has 2 aromatic rings. The lowest BCUT2D eigenvalue weighted by molar-refractivity contribution is -0.123. The van der Waals surface area contributed by atoms with E-state index in [-0.39, 0.29) is 20.8 Å². The van der Waals surface area contributed by atoms with E-state index < -0.39 is 28.0 Å². The average molecular weight is 418 g/mol. The minimum Gasteiger partial charge on any atom is -0.448 e. The Kier molecular flexibility index (Phi) is 6.19. The number of aromatic nitrogens is 1. The number of halogens is 2. The van der Waals surface area contributed by atoms with Crippen molar-refractivity contribution in [3.05, 3.63) is 52.3 Å². The number of pyridine rings is 1. The zero-order chi connectivity index (χ0) is 19.5. The number of primary sulfonamides is 1. The summed E-state index contributed by atoms with van der Waals surface area (Å²) in [5, 5.41) is 7.54. The first-order chi connectivity index (χ1) is 12.1. The molecule has 0 saturated carbocycles. The van der Waals surface area contributed by atoms with Gasteiger partial charge in [-0.2, -0.15) is 0 Å². The Balaban J connectivity index is 2.03. The van der Waals surface area contributed by atoms with Crippen LogP contribution in [0, 0.1) is 0 Å². The summed E-state index contributed by atoms with van der Waals surface area (Å²) in [4.78, 5) is 27.8. The number of carbonyl (C=O) groups excluding carboxylic acids is 2. The predicted octanol–water partition coefficient (Wildman–Crippen LogP) is 2.22. The maximum Gasteiger partial charge on any atom is 0.359 e. The number of ether oxygens (including phenoxy) is 1. The number of benzene rings is 1. The molecule has 0 radical (unpaired) electrons. The third-order valence-corrected chi connectivity index (χ3v) is 4.55. The highest BCUT2D eigenvalue weighted by atomic mass is 35.5. The van der Waals surface area contributed by atoms with Crippen LogP contribution in [0.5, 0.6) is 0 Å². The van der Waals surface area contributed by atoms with Crippen molar-refractivity contribution in [1.29, 1.82) is 0 Å². The van der Waals surface area contributed by atoms with Crippen LogP contribution < -0.4 is 10.5 Å². The van der Waals surface area contributed by atoms with Crippen LogP contribution >= 0.6 is 23.2 Å². The quantitative estimate of drug-likeness (QED) is 0.566. The number of nitrogens with two attached hydrogens (primary N) is 1. The molecule has 2 rings (SSSR count). The van der Waals surface area contributed by atoms with Gasteiger partial charge in [-0.25, -0.2) is 23.3 Å². The number of anilines is 1.